The summed E-state index contributed by atoms with van der Waals surface area (Å²) in [4.78, 5) is 0. The quantitative estimate of drug-likeness (QED) is 0.772. The van der Waals surface area contributed by atoms with Gasteiger partial charge in [-0.1, -0.05) is 6.42 Å². The van der Waals surface area contributed by atoms with Gasteiger partial charge in [0, 0.05) is 6.42 Å². The fraction of sp³-hybridized carbons (Fsp3) is 0.636. The van der Waals surface area contributed by atoms with Crippen LogP contribution in [0.3, 0.4) is 0 Å². The van der Waals surface area contributed by atoms with Crippen LogP contribution in [0, 0.1) is 11.8 Å². The number of hydrogen-bond donors (Lipinski definition) is 1. The van der Waals surface area contributed by atoms with Gasteiger partial charge in [0.1, 0.15) is 5.76 Å². The van der Waals surface area contributed by atoms with Crippen LogP contribution in [0.1, 0.15) is 25.0 Å². The van der Waals surface area contributed by atoms with Gasteiger partial charge in [0.15, 0.2) is 0 Å². The zero-order valence-corrected chi connectivity index (χ0v) is 7.91. The van der Waals surface area contributed by atoms with Crippen molar-refractivity contribution in [3.63, 3.8) is 0 Å². The average Bonchev–Trinajstić information content (AvgIpc) is 2.76. The van der Waals surface area contributed by atoms with Crippen LogP contribution in [0.15, 0.2) is 22.8 Å². The number of furan rings is 1. The van der Waals surface area contributed by atoms with Crippen molar-refractivity contribution in [1.82, 2.24) is 0 Å². The fourth-order valence-electron chi connectivity index (χ4n) is 2.38. The molecule has 1 aliphatic carbocycles. The van der Waals surface area contributed by atoms with Gasteiger partial charge in [-0.05, 0) is 43.4 Å². The monoisotopic (exact) mass is 179 g/mol. The van der Waals surface area contributed by atoms with E-state index in [4.69, 9.17) is 10.2 Å². The van der Waals surface area contributed by atoms with E-state index in [2.05, 4.69) is 6.07 Å². The van der Waals surface area contributed by atoms with Gasteiger partial charge in [-0.15, -0.1) is 0 Å². The summed E-state index contributed by atoms with van der Waals surface area (Å²) in [7, 11) is 0. The van der Waals surface area contributed by atoms with E-state index < -0.39 is 0 Å². The molecule has 2 atom stereocenters. The van der Waals surface area contributed by atoms with Gasteiger partial charge in [0.2, 0.25) is 0 Å². The molecule has 0 aromatic carbocycles. The average molecular weight is 179 g/mol. The van der Waals surface area contributed by atoms with Gasteiger partial charge < -0.3 is 10.2 Å². The first-order chi connectivity index (χ1) is 6.40. The molecule has 2 unspecified atom stereocenters. The van der Waals surface area contributed by atoms with E-state index in [0.717, 1.165) is 30.6 Å². The van der Waals surface area contributed by atoms with Crippen LogP contribution in [0.2, 0.25) is 0 Å². The molecule has 0 saturated heterocycles. The largest absolute Gasteiger partial charge is 0.469 e. The van der Waals surface area contributed by atoms with Crippen LogP contribution < -0.4 is 5.73 Å². The van der Waals surface area contributed by atoms with Gasteiger partial charge in [-0.3, -0.25) is 0 Å². The zero-order valence-electron chi connectivity index (χ0n) is 7.91. The molecule has 0 spiro atoms. The molecule has 1 aromatic rings. The SMILES string of the molecule is NCC1CCCC1Cc1ccco1. The normalized spacial score (nSPS) is 28.1. The van der Waals surface area contributed by atoms with Crippen molar-refractivity contribution in [2.24, 2.45) is 17.6 Å². The van der Waals surface area contributed by atoms with E-state index in [9.17, 15) is 0 Å². The maximum absolute atomic E-state index is 5.72. The van der Waals surface area contributed by atoms with E-state index in [1.54, 1.807) is 6.26 Å². The minimum atomic E-state index is 0.727. The maximum atomic E-state index is 5.72. The first-order valence-electron chi connectivity index (χ1n) is 5.12. The fourth-order valence-corrected chi connectivity index (χ4v) is 2.38. The van der Waals surface area contributed by atoms with Crippen molar-refractivity contribution in [3.05, 3.63) is 24.2 Å². The van der Waals surface area contributed by atoms with Crippen LogP contribution in [0.5, 0.6) is 0 Å². The minimum absolute atomic E-state index is 0.727. The van der Waals surface area contributed by atoms with Crippen LogP contribution in [-0.4, -0.2) is 6.54 Å². The highest BCUT2D eigenvalue weighted by Crippen LogP contribution is 2.33. The smallest absolute Gasteiger partial charge is 0.104 e. The Morgan fingerprint density at radius 2 is 2.23 bits per heavy atom. The van der Waals surface area contributed by atoms with Crippen molar-refractivity contribution in [3.8, 4) is 0 Å². The van der Waals surface area contributed by atoms with Gasteiger partial charge >= 0.3 is 0 Å². The molecule has 0 radical (unpaired) electrons. The van der Waals surface area contributed by atoms with E-state index in [1.807, 2.05) is 6.07 Å². The summed E-state index contributed by atoms with van der Waals surface area (Å²) in [6.45, 7) is 0.839. The van der Waals surface area contributed by atoms with Gasteiger partial charge in [0.05, 0.1) is 6.26 Å². The standard InChI is InChI=1S/C11H17NO/c12-8-10-4-1-3-9(10)7-11-5-2-6-13-11/h2,5-6,9-10H,1,3-4,7-8,12H2. The lowest BCUT2D eigenvalue weighted by Gasteiger charge is -2.15. The van der Waals surface area contributed by atoms with E-state index in [0.29, 0.717) is 0 Å². The van der Waals surface area contributed by atoms with Crippen molar-refractivity contribution < 1.29 is 4.42 Å². The van der Waals surface area contributed by atoms with E-state index in [1.165, 1.54) is 19.3 Å². The van der Waals surface area contributed by atoms with Gasteiger partial charge in [0.25, 0.3) is 0 Å². The molecule has 1 aromatic heterocycles. The van der Waals surface area contributed by atoms with Crippen molar-refractivity contribution in [2.75, 3.05) is 6.54 Å². The summed E-state index contributed by atoms with van der Waals surface area (Å²) >= 11 is 0. The molecule has 2 nitrogen and oxygen atoms in total. The van der Waals surface area contributed by atoms with E-state index in [-0.39, 0.29) is 0 Å². The Balaban J connectivity index is 1.94. The molecule has 72 valence electrons. The molecule has 1 heterocycles. The van der Waals surface area contributed by atoms with Crippen molar-refractivity contribution in [1.29, 1.82) is 0 Å². The number of nitrogens with two attached hydrogens (primary N) is 1. The Kier molecular flexibility index (Phi) is 2.69. The highest BCUT2D eigenvalue weighted by Gasteiger charge is 2.26. The lowest BCUT2D eigenvalue weighted by molar-refractivity contribution is 0.362. The first-order valence-corrected chi connectivity index (χ1v) is 5.12. The molecule has 0 aliphatic heterocycles. The molecule has 0 amide bonds. The number of rotatable bonds is 3. The Bertz CT molecular complexity index is 243. The van der Waals surface area contributed by atoms with Crippen LogP contribution in [0.25, 0.3) is 0 Å². The molecule has 2 N–H and O–H groups in total. The lowest BCUT2D eigenvalue weighted by Crippen LogP contribution is -2.19. The number of hydrogen-bond acceptors (Lipinski definition) is 2. The molecule has 2 heteroatoms. The third-order valence-electron chi connectivity index (χ3n) is 3.16. The molecule has 13 heavy (non-hydrogen) atoms. The Morgan fingerprint density at radius 3 is 2.92 bits per heavy atom. The second-order valence-corrected chi connectivity index (χ2v) is 3.97. The van der Waals surface area contributed by atoms with Crippen molar-refractivity contribution in [2.45, 2.75) is 25.7 Å². The topological polar surface area (TPSA) is 39.2 Å². The van der Waals surface area contributed by atoms with Gasteiger partial charge in [-0.2, -0.15) is 0 Å². The predicted molar refractivity (Wildman–Crippen MR) is 52.3 cm³/mol. The molecule has 2 rings (SSSR count). The molecular formula is C11H17NO. The highest BCUT2D eigenvalue weighted by atomic mass is 16.3. The second kappa shape index (κ2) is 3.97. The molecule has 1 fully saturated rings. The molecule has 0 bridgehead atoms. The Morgan fingerprint density at radius 1 is 1.38 bits per heavy atom. The first kappa shape index (κ1) is 8.82. The van der Waals surface area contributed by atoms with Crippen LogP contribution in [-0.2, 0) is 6.42 Å². The third-order valence-corrected chi connectivity index (χ3v) is 3.16. The second-order valence-electron chi connectivity index (χ2n) is 3.97. The van der Waals surface area contributed by atoms with Crippen LogP contribution >= 0.6 is 0 Å². The molecular weight excluding hydrogens is 162 g/mol. The molecule has 1 saturated carbocycles. The maximum Gasteiger partial charge on any atom is 0.104 e. The minimum Gasteiger partial charge on any atom is -0.469 e. The summed E-state index contributed by atoms with van der Waals surface area (Å²) in [5.41, 5.74) is 5.72. The molecule has 1 aliphatic rings. The summed E-state index contributed by atoms with van der Waals surface area (Å²) in [6.07, 6.45) is 6.80. The zero-order chi connectivity index (χ0) is 9.10. The van der Waals surface area contributed by atoms with E-state index >= 15 is 0 Å². The van der Waals surface area contributed by atoms with Crippen molar-refractivity contribution >= 4 is 0 Å². The third kappa shape index (κ3) is 1.94. The Hall–Kier alpha value is -0.760. The predicted octanol–water partition coefficient (Wildman–Crippen LogP) is 2.20. The highest BCUT2D eigenvalue weighted by molar-refractivity contribution is 5.00. The summed E-state index contributed by atoms with van der Waals surface area (Å²) in [6, 6.07) is 4.02. The summed E-state index contributed by atoms with van der Waals surface area (Å²) < 4.78 is 5.35. The van der Waals surface area contributed by atoms with Crippen LogP contribution in [0.4, 0.5) is 0 Å². The van der Waals surface area contributed by atoms with Gasteiger partial charge in [-0.25, -0.2) is 0 Å². The summed E-state index contributed by atoms with van der Waals surface area (Å²) in [5.74, 6) is 2.60. The summed E-state index contributed by atoms with van der Waals surface area (Å²) in [5, 5.41) is 0. The lowest BCUT2D eigenvalue weighted by atomic mass is 9.92. The Labute approximate surface area is 79.1 Å².